The molecule has 2 aromatic rings. The number of fused-ring (bicyclic) bond motifs is 1. The number of rotatable bonds is 13. The maximum atomic E-state index is 13.6. The van der Waals surface area contributed by atoms with Crippen LogP contribution in [-0.2, 0) is 11.2 Å². The van der Waals surface area contributed by atoms with Crippen molar-refractivity contribution in [3.63, 3.8) is 0 Å². The molecule has 2 heterocycles. The fraction of sp³-hybridized carbons (Fsp3) is 0.519. The minimum Gasteiger partial charge on any atom is -0.493 e. The third kappa shape index (κ3) is 6.40. The molecule has 4 rings (SSSR count). The molecule has 1 fully saturated rings. The van der Waals surface area contributed by atoms with E-state index in [9.17, 15) is 9.90 Å². The molecule has 1 aromatic heterocycles. The highest BCUT2D eigenvalue weighted by Gasteiger charge is 2.34. The normalized spacial score (nSPS) is 18.4. The number of hydrogen-bond acceptors (Lipinski definition) is 6. The standard InChI is InChI=1S/C27H36N2O4S/c1-3-4-7-21(30)17-28(16-20-10-11-20)18-27(31)29-14-12-26-22(13-15-34-26)23(29)19-33-25-9-6-5-8-24(25)32-2/h3,5-6,8-9,13,15,20-21,23,30H,1,4,7,10-12,14,16-19H2,2H3/t21-,23-/m1/s1. The van der Waals surface area contributed by atoms with E-state index in [0.29, 0.717) is 50.1 Å². The average molecular weight is 485 g/mol. The van der Waals surface area contributed by atoms with Crippen molar-refractivity contribution in [2.75, 3.05) is 39.9 Å². The first-order chi connectivity index (χ1) is 16.6. The molecule has 0 bridgehead atoms. The quantitative estimate of drug-likeness (QED) is 0.430. The SMILES string of the molecule is C=CCC[C@@H](O)CN(CC(=O)N1CCc2sccc2[C@H]1COc1ccccc1OC)CC1CC1. The Kier molecular flexibility index (Phi) is 8.64. The number of aliphatic hydroxyl groups excluding tert-OH is 1. The van der Waals surface area contributed by atoms with Gasteiger partial charge >= 0.3 is 0 Å². The number of amides is 1. The van der Waals surface area contributed by atoms with Gasteiger partial charge in [0.25, 0.3) is 0 Å². The first-order valence-electron chi connectivity index (χ1n) is 12.2. The summed E-state index contributed by atoms with van der Waals surface area (Å²) >= 11 is 1.75. The number of aliphatic hydroxyl groups is 1. The molecule has 1 amide bonds. The van der Waals surface area contributed by atoms with E-state index in [1.54, 1.807) is 18.4 Å². The number of para-hydroxylation sites is 2. The molecule has 34 heavy (non-hydrogen) atoms. The number of hydrogen-bond donors (Lipinski definition) is 1. The van der Waals surface area contributed by atoms with E-state index >= 15 is 0 Å². The smallest absolute Gasteiger partial charge is 0.237 e. The Hall–Kier alpha value is -2.35. The summed E-state index contributed by atoms with van der Waals surface area (Å²) in [5.41, 5.74) is 1.18. The second-order valence-corrected chi connectivity index (χ2v) is 10.3. The Bertz CT molecular complexity index is 958. The van der Waals surface area contributed by atoms with Crippen molar-refractivity contribution in [3.8, 4) is 11.5 Å². The predicted molar refractivity (Wildman–Crippen MR) is 136 cm³/mol. The van der Waals surface area contributed by atoms with Gasteiger partial charge in [-0.2, -0.15) is 0 Å². The van der Waals surface area contributed by atoms with Crippen LogP contribution in [0.1, 0.15) is 42.2 Å². The summed E-state index contributed by atoms with van der Waals surface area (Å²) in [4.78, 5) is 19.0. The average Bonchev–Trinajstić information content (AvgIpc) is 3.52. The molecule has 6 nitrogen and oxygen atoms in total. The van der Waals surface area contributed by atoms with Crippen LogP contribution in [0.5, 0.6) is 11.5 Å². The maximum Gasteiger partial charge on any atom is 0.237 e. The van der Waals surface area contributed by atoms with Crippen molar-refractivity contribution in [1.82, 2.24) is 9.80 Å². The van der Waals surface area contributed by atoms with Crippen LogP contribution in [0.4, 0.5) is 0 Å². The van der Waals surface area contributed by atoms with Gasteiger partial charge in [-0.3, -0.25) is 9.69 Å². The van der Waals surface area contributed by atoms with Gasteiger partial charge in [0.1, 0.15) is 6.61 Å². The van der Waals surface area contributed by atoms with Crippen LogP contribution in [-0.4, -0.2) is 66.8 Å². The Morgan fingerprint density at radius 1 is 1.32 bits per heavy atom. The first-order valence-corrected chi connectivity index (χ1v) is 13.1. The van der Waals surface area contributed by atoms with E-state index in [0.717, 1.165) is 19.4 Å². The molecule has 2 atom stereocenters. The summed E-state index contributed by atoms with van der Waals surface area (Å²) < 4.78 is 11.6. The van der Waals surface area contributed by atoms with Gasteiger partial charge in [0.2, 0.25) is 5.91 Å². The molecule has 184 valence electrons. The summed E-state index contributed by atoms with van der Waals surface area (Å²) in [7, 11) is 1.63. The molecule has 1 aliphatic heterocycles. The van der Waals surface area contributed by atoms with Gasteiger partial charge < -0.3 is 19.5 Å². The summed E-state index contributed by atoms with van der Waals surface area (Å²) in [5, 5.41) is 12.6. The molecule has 2 aliphatic rings. The van der Waals surface area contributed by atoms with Crippen LogP contribution in [0.25, 0.3) is 0 Å². The van der Waals surface area contributed by atoms with Crippen LogP contribution in [0, 0.1) is 5.92 Å². The van der Waals surface area contributed by atoms with Gasteiger partial charge in [0.05, 0.1) is 25.8 Å². The number of methoxy groups -OCH3 is 1. The van der Waals surface area contributed by atoms with Crippen LogP contribution in [0.15, 0.2) is 48.4 Å². The highest BCUT2D eigenvalue weighted by atomic mass is 32.1. The predicted octanol–water partition coefficient (Wildman–Crippen LogP) is 4.30. The van der Waals surface area contributed by atoms with Gasteiger partial charge in [-0.1, -0.05) is 18.2 Å². The third-order valence-corrected chi connectivity index (χ3v) is 7.62. The monoisotopic (exact) mass is 484 g/mol. The van der Waals surface area contributed by atoms with Gasteiger partial charge in [-0.05, 0) is 67.2 Å². The first kappa shape index (κ1) is 24.8. The number of ether oxygens (including phenoxy) is 2. The zero-order valence-electron chi connectivity index (χ0n) is 20.0. The second kappa shape index (κ2) is 11.9. The summed E-state index contributed by atoms with van der Waals surface area (Å²) in [6, 6.07) is 9.59. The molecular weight excluding hydrogens is 448 g/mol. The molecule has 0 saturated heterocycles. The molecule has 1 saturated carbocycles. The summed E-state index contributed by atoms with van der Waals surface area (Å²) in [6.07, 6.45) is 6.14. The number of allylic oxidation sites excluding steroid dienone is 1. The lowest BCUT2D eigenvalue weighted by molar-refractivity contribution is -0.136. The fourth-order valence-corrected chi connectivity index (χ4v) is 5.56. The Morgan fingerprint density at radius 2 is 2.12 bits per heavy atom. The van der Waals surface area contributed by atoms with Gasteiger partial charge in [0, 0.05) is 24.5 Å². The van der Waals surface area contributed by atoms with Crippen LogP contribution in [0.2, 0.25) is 0 Å². The minimum atomic E-state index is -0.445. The van der Waals surface area contributed by atoms with Crippen LogP contribution in [0.3, 0.4) is 0 Å². The third-order valence-electron chi connectivity index (χ3n) is 6.63. The number of benzene rings is 1. The highest BCUT2D eigenvalue weighted by molar-refractivity contribution is 7.10. The molecule has 1 aliphatic carbocycles. The van der Waals surface area contributed by atoms with Crippen molar-refractivity contribution in [3.05, 3.63) is 58.8 Å². The van der Waals surface area contributed by atoms with Crippen LogP contribution >= 0.6 is 11.3 Å². The van der Waals surface area contributed by atoms with Crippen molar-refractivity contribution in [2.45, 2.75) is 44.2 Å². The highest BCUT2D eigenvalue weighted by Crippen LogP contribution is 2.35. The van der Waals surface area contributed by atoms with E-state index in [2.05, 4.69) is 22.9 Å². The molecule has 0 spiro atoms. The summed E-state index contributed by atoms with van der Waals surface area (Å²) in [5.74, 6) is 2.11. The molecule has 1 aromatic carbocycles. The molecule has 7 heteroatoms. The lowest BCUT2D eigenvalue weighted by atomic mass is 10.0. The maximum absolute atomic E-state index is 13.6. The molecule has 0 radical (unpaired) electrons. The van der Waals surface area contributed by atoms with Crippen molar-refractivity contribution in [2.24, 2.45) is 5.92 Å². The van der Waals surface area contributed by atoms with Crippen molar-refractivity contribution in [1.29, 1.82) is 0 Å². The topological polar surface area (TPSA) is 62.2 Å². The largest absolute Gasteiger partial charge is 0.493 e. The second-order valence-electron chi connectivity index (χ2n) is 9.27. The number of carbonyl (C=O) groups is 1. The van der Waals surface area contributed by atoms with E-state index in [-0.39, 0.29) is 11.9 Å². The van der Waals surface area contributed by atoms with Crippen molar-refractivity contribution < 1.29 is 19.4 Å². The Balaban J connectivity index is 1.46. The lowest BCUT2D eigenvalue weighted by Gasteiger charge is -2.37. The number of thiophene rings is 1. The zero-order chi connectivity index (χ0) is 23.9. The van der Waals surface area contributed by atoms with Gasteiger partial charge in [0.15, 0.2) is 11.5 Å². The van der Waals surface area contributed by atoms with Crippen molar-refractivity contribution >= 4 is 17.2 Å². The molecular formula is C27H36N2O4S. The minimum absolute atomic E-state index is 0.0991. The van der Waals surface area contributed by atoms with E-state index in [4.69, 9.17) is 9.47 Å². The number of carbonyl (C=O) groups excluding carboxylic acids is 1. The Morgan fingerprint density at radius 3 is 2.85 bits per heavy atom. The zero-order valence-corrected chi connectivity index (χ0v) is 20.8. The van der Waals surface area contributed by atoms with Crippen LogP contribution < -0.4 is 9.47 Å². The van der Waals surface area contributed by atoms with E-state index in [1.807, 2.05) is 35.2 Å². The van der Waals surface area contributed by atoms with E-state index in [1.165, 1.54) is 23.3 Å². The fourth-order valence-electron chi connectivity index (χ4n) is 4.63. The molecule has 1 N–H and O–H groups in total. The van der Waals surface area contributed by atoms with E-state index < -0.39 is 6.10 Å². The number of nitrogens with zero attached hydrogens (tertiary/aromatic N) is 2. The Labute approximate surface area is 206 Å². The summed E-state index contributed by atoms with van der Waals surface area (Å²) in [6.45, 7) is 6.53. The van der Waals surface area contributed by atoms with Gasteiger partial charge in [-0.15, -0.1) is 17.9 Å². The van der Waals surface area contributed by atoms with Gasteiger partial charge in [-0.25, -0.2) is 0 Å². The lowest BCUT2D eigenvalue weighted by Crippen LogP contribution is -2.48. The molecule has 0 unspecified atom stereocenters.